The Hall–Kier alpha value is -3.02. The molecule has 0 saturated carbocycles. The van der Waals surface area contributed by atoms with Crippen molar-refractivity contribution in [2.24, 2.45) is 5.10 Å². The third kappa shape index (κ3) is 3.89. The lowest BCUT2D eigenvalue weighted by Gasteiger charge is -2.08. The number of thiocarbonyl (C=S) groups is 1. The number of hydrazone groups is 1. The highest BCUT2D eigenvalue weighted by molar-refractivity contribution is 7.80. The standard InChI is InChI=1S/C21H15ClN4S/c22-14-9-11-15(12-10-14)24-21(27)26-23-13-20-18-7-2-1-5-16(18)17-6-3-4-8-19(17)25-20/h1-13H,(H2,24,26,27)/b23-13-. The van der Waals surface area contributed by atoms with E-state index in [9.17, 15) is 0 Å². The molecule has 0 fully saturated rings. The van der Waals surface area contributed by atoms with Crippen LogP contribution in [0.4, 0.5) is 5.69 Å². The van der Waals surface area contributed by atoms with Crippen LogP contribution in [0.2, 0.25) is 5.02 Å². The van der Waals surface area contributed by atoms with Crippen LogP contribution in [-0.4, -0.2) is 16.3 Å². The molecular weight excluding hydrogens is 376 g/mol. The van der Waals surface area contributed by atoms with Crippen LogP contribution >= 0.6 is 23.8 Å². The maximum atomic E-state index is 5.88. The molecule has 0 aliphatic rings. The summed E-state index contributed by atoms with van der Waals surface area (Å²) in [6.45, 7) is 0. The second-order valence-electron chi connectivity index (χ2n) is 5.89. The van der Waals surface area contributed by atoms with E-state index in [1.54, 1.807) is 18.3 Å². The zero-order chi connectivity index (χ0) is 18.6. The third-order valence-corrected chi connectivity index (χ3v) is 4.54. The van der Waals surface area contributed by atoms with E-state index in [1.807, 2.05) is 48.5 Å². The summed E-state index contributed by atoms with van der Waals surface area (Å²) in [6.07, 6.45) is 1.69. The molecule has 1 heterocycles. The molecule has 0 radical (unpaired) electrons. The minimum absolute atomic E-state index is 0.388. The largest absolute Gasteiger partial charge is 0.331 e. The molecule has 0 saturated heterocycles. The van der Waals surface area contributed by atoms with E-state index in [-0.39, 0.29) is 0 Å². The van der Waals surface area contributed by atoms with Gasteiger partial charge in [0, 0.05) is 21.5 Å². The fourth-order valence-corrected chi connectivity index (χ4v) is 3.17. The summed E-state index contributed by atoms with van der Waals surface area (Å²) >= 11 is 11.1. The van der Waals surface area contributed by atoms with E-state index in [4.69, 9.17) is 28.8 Å². The number of fused-ring (bicyclic) bond motifs is 3. The second-order valence-corrected chi connectivity index (χ2v) is 6.74. The topological polar surface area (TPSA) is 49.3 Å². The van der Waals surface area contributed by atoms with Gasteiger partial charge in [0.05, 0.1) is 17.4 Å². The molecule has 0 amide bonds. The highest BCUT2D eigenvalue weighted by Crippen LogP contribution is 2.25. The number of nitrogens with zero attached hydrogens (tertiary/aromatic N) is 2. The van der Waals surface area contributed by atoms with Gasteiger partial charge in [0.25, 0.3) is 0 Å². The van der Waals surface area contributed by atoms with Crippen LogP contribution in [0.15, 0.2) is 77.9 Å². The quantitative estimate of drug-likeness (QED) is 0.214. The second kappa shape index (κ2) is 7.70. The predicted octanol–water partition coefficient (Wildman–Crippen LogP) is 5.36. The molecule has 0 aliphatic carbocycles. The molecule has 3 aromatic carbocycles. The van der Waals surface area contributed by atoms with Gasteiger partial charge < -0.3 is 5.32 Å². The van der Waals surface area contributed by atoms with Crippen LogP contribution in [0.3, 0.4) is 0 Å². The van der Waals surface area contributed by atoms with E-state index in [1.165, 1.54) is 0 Å². The Bertz CT molecular complexity index is 1160. The highest BCUT2D eigenvalue weighted by atomic mass is 35.5. The van der Waals surface area contributed by atoms with Crippen molar-refractivity contribution >= 4 is 62.5 Å². The van der Waals surface area contributed by atoms with Crippen LogP contribution in [0.1, 0.15) is 5.69 Å². The molecule has 0 unspecified atom stereocenters. The molecule has 0 aliphatic heterocycles. The van der Waals surface area contributed by atoms with Crippen LogP contribution in [0, 0.1) is 0 Å². The first-order valence-electron chi connectivity index (χ1n) is 8.34. The van der Waals surface area contributed by atoms with Gasteiger partial charge in [-0.3, -0.25) is 5.43 Å². The minimum atomic E-state index is 0.388. The summed E-state index contributed by atoms with van der Waals surface area (Å²) in [4.78, 5) is 4.73. The third-order valence-electron chi connectivity index (χ3n) is 4.09. The highest BCUT2D eigenvalue weighted by Gasteiger charge is 2.06. The van der Waals surface area contributed by atoms with Gasteiger partial charge in [-0.2, -0.15) is 5.10 Å². The first-order valence-corrected chi connectivity index (χ1v) is 9.12. The molecule has 0 atom stereocenters. The first-order chi connectivity index (χ1) is 13.2. The zero-order valence-corrected chi connectivity index (χ0v) is 15.8. The van der Waals surface area contributed by atoms with Crippen molar-refractivity contribution < 1.29 is 0 Å². The van der Waals surface area contributed by atoms with Crippen molar-refractivity contribution in [3.05, 3.63) is 83.5 Å². The van der Waals surface area contributed by atoms with Gasteiger partial charge in [-0.1, -0.05) is 54.1 Å². The molecule has 1 aromatic heterocycles. The van der Waals surface area contributed by atoms with Gasteiger partial charge in [0.1, 0.15) is 0 Å². The van der Waals surface area contributed by atoms with E-state index in [0.717, 1.165) is 33.1 Å². The SMILES string of the molecule is S=C(N/N=C\c1nc2ccccc2c2ccccc12)Nc1ccc(Cl)cc1. The van der Waals surface area contributed by atoms with Crippen LogP contribution in [0.25, 0.3) is 21.7 Å². The maximum Gasteiger partial charge on any atom is 0.191 e. The van der Waals surface area contributed by atoms with Crippen molar-refractivity contribution in [1.29, 1.82) is 0 Å². The number of nitrogens with one attached hydrogen (secondary N) is 2. The summed E-state index contributed by atoms with van der Waals surface area (Å²) in [7, 11) is 0. The van der Waals surface area contributed by atoms with Crippen LogP contribution in [-0.2, 0) is 0 Å². The fourth-order valence-electron chi connectivity index (χ4n) is 2.87. The summed E-state index contributed by atoms with van der Waals surface area (Å²) in [5.41, 5.74) is 5.37. The maximum absolute atomic E-state index is 5.88. The van der Waals surface area contributed by atoms with Crippen LogP contribution < -0.4 is 10.7 Å². The molecule has 2 N–H and O–H groups in total. The minimum Gasteiger partial charge on any atom is -0.331 e. The fraction of sp³-hybridized carbons (Fsp3) is 0. The zero-order valence-electron chi connectivity index (χ0n) is 14.2. The van der Waals surface area contributed by atoms with Crippen LogP contribution in [0.5, 0.6) is 0 Å². The number of anilines is 1. The Morgan fingerprint density at radius 1 is 0.889 bits per heavy atom. The number of para-hydroxylation sites is 1. The Morgan fingerprint density at radius 3 is 2.33 bits per heavy atom. The van der Waals surface area contributed by atoms with E-state index in [2.05, 4.69) is 28.0 Å². The van der Waals surface area contributed by atoms with Gasteiger partial charge in [0.2, 0.25) is 0 Å². The van der Waals surface area contributed by atoms with Gasteiger partial charge >= 0.3 is 0 Å². The lowest BCUT2D eigenvalue weighted by Crippen LogP contribution is -2.23. The molecule has 4 rings (SSSR count). The van der Waals surface area contributed by atoms with Crippen molar-refractivity contribution in [3.63, 3.8) is 0 Å². The van der Waals surface area contributed by atoms with Gasteiger partial charge in [-0.25, -0.2) is 4.98 Å². The molecule has 27 heavy (non-hydrogen) atoms. The Balaban J connectivity index is 1.57. The molecule has 4 aromatic rings. The van der Waals surface area contributed by atoms with E-state index >= 15 is 0 Å². The monoisotopic (exact) mass is 390 g/mol. The average Bonchev–Trinajstić information content (AvgIpc) is 2.70. The van der Waals surface area contributed by atoms with E-state index < -0.39 is 0 Å². The Morgan fingerprint density at radius 2 is 1.56 bits per heavy atom. The molecule has 0 spiro atoms. The smallest absolute Gasteiger partial charge is 0.191 e. The Kier molecular flexibility index (Phi) is 4.96. The molecular formula is C21H15ClN4S. The summed E-state index contributed by atoms with van der Waals surface area (Å²) in [5, 5.41) is 11.7. The normalized spacial score (nSPS) is 11.1. The number of aromatic nitrogens is 1. The predicted molar refractivity (Wildman–Crippen MR) is 118 cm³/mol. The number of pyridine rings is 1. The van der Waals surface area contributed by atoms with Crippen molar-refractivity contribution in [1.82, 2.24) is 10.4 Å². The lowest BCUT2D eigenvalue weighted by molar-refractivity contribution is 1.05. The number of hydrogen-bond donors (Lipinski definition) is 2. The number of benzene rings is 3. The lowest BCUT2D eigenvalue weighted by atomic mass is 10.0. The Labute approximate surface area is 166 Å². The summed E-state index contributed by atoms with van der Waals surface area (Å²) < 4.78 is 0. The summed E-state index contributed by atoms with van der Waals surface area (Å²) in [5.74, 6) is 0. The summed E-state index contributed by atoms with van der Waals surface area (Å²) in [6, 6.07) is 23.5. The van der Waals surface area contributed by atoms with Crippen molar-refractivity contribution in [3.8, 4) is 0 Å². The molecule has 0 bridgehead atoms. The van der Waals surface area contributed by atoms with Crippen molar-refractivity contribution in [2.45, 2.75) is 0 Å². The van der Waals surface area contributed by atoms with Gasteiger partial charge in [-0.15, -0.1) is 0 Å². The number of hydrogen-bond acceptors (Lipinski definition) is 3. The molecule has 6 heteroatoms. The van der Waals surface area contributed by atoms with E-state index in [0.29, 0.717) is 10.1 Å². The van der Waals surface area contributed by atoms with Gasteiger partial charge in [0.15, 0.2) is 5.11 Å². The average molecular weight is 391 g/mol. The molecule has 132 valence electrons. The van der Waals surface area contributed by atoms with Gasteiger partial charge in [-0.05, 0) is 47.9 Å². The van der Waals surface area contributed by atoms with Crippen molar-refractivity contribution in [2.75, 3.05) is 5.32 Å². The number of halogens is 1. The molecule has 4 nitrogen and oxygen atoms in total. The number of rotatable bonds is 3. The first kappa shape index (κ1) is 17.4.